The van der Waals surface area contributed by atoms with E-state index in [2.05, 4.69) is 63.1 Å². The molecule has 0 unspecified atom stereocenters. The van der Waals surface area contributed by atoms with Gasteiger partial charge < -0.3 is 35.8 Å². The van der Waals surface area contributed by atoms with Crippen LogP contribution in [0.5, 0.6) is 0 Å². The Balaban J connectivity index is 0.00000113. The molecule has 2 fully saturated rings. The van der Waals surface area contributed by atoms with Crippen molar-refractivity contribution in [2.75, 3.05) is 30.3 Å². The number of hydrogen-bond donors (Lipinski definition) is 6. The van der Waals surface area contributed by atoms with Crippen LogP contribution < -0.4 is 16.0 Å². The van der Waals surface area contributed by atoms with Gasteiger partial charge in [0.15, 0.2) is 17.0 Å². The second kappa shape index (κ2) is 18.3. The minimum atomic E-state index is -1.09. The number of carbonyl (C=O) groups excluding carboxylic acids is 1. The number of rotatable bonds is 10. The summed E-state index contributed by atoms with van der Waals surface area (Å²) in [5, 5.41) is 41.3. The first-order valence-electron chi connectivity index (χ1n) is 16.0. The SMILES string of the molecule is CC(=O)O.CCC(=O)N[C@H]1C[C@@H](n2cnc3c(NCc4cccc5ccccc45)nc(NC[C@H]4CCCN4CC)nc32)[C@H](O)[C@@H]1O.F.F.F. The summed E-state index contributed by atoms with van der Waals surface area (Å²) in [7, 11) is 0. The summed E-state index contributed by atoms with van der Waals surface area (Å²) in [6, 6.07) is 13.9. The van der Waals surface area contributed by atoms with Gasteiger partial charge in [-0.1, -0.05) is 56.3 Å². The van der Waals surface area contributed by atoms with Crippen LogP contribution in [0.15, 0.2) is 48.8 Å². The van der Waals surface area contributed by atoms with E-state index >= 15 is 0 Å². The van der Waals surface area contributed by atoms with Crippen molar-refractivity contribution in [3.63, 3.8) is 0 Å². The molecule has 1 aliphatic carbocycles. The van der Waals surface area contributed by atoms with E-state index in [4.69, 9.17) is 19.9 Å². The van der Waals surface area contributed by atoms with Crippen molar-refractivity contribution in [1.82, 2.24) is 29.7 Å². The molecule has 5 atom stereocenters. The Hall–Kier alpha value is -4.54. The van der Waals surface area contributed by atoms with Gasteiger partial charge in [0.1, 0.15) is 12.2 Å². The van der Waals surface area contributed by atoms with E-state index in [1.54, 1.807) is 13.3 Å². The Morgan fingerprint density at radius 2 is 1.69 bits per heavy atom. The monoisotopic (exact) mass is 692 g/mol. The number of likely N-dealkylation sites (N-methyl/N-ethyl adjacent to an activating group) is 1. The first kappa shape index (κ1) is 40.6. The van der Waals surface area contributed by atoms with Crippen molar-refractivity contribution in [1.29, 1.82) is 0 Å². The van der Waals surface area contributed by atoms with Crippen molar-refractivity contribution in [2.24, 2.45) is 0 Å². The number of halogens is 3. The molecule has 16 heteroatoms. The lowest BCUT2D eigenvalue weighted by Crippen LogP contribution is -2.42. The molecule has 0 spiro atoms. The minimum Gasteiger partial charge on any atom is -0.481 e. The lowest BCUT2D eigenvalue weighted by molar-refractivity contribution is -0.134. The van der Waals surface area contributed by atoms with E-state index in [0.29, 0.717) is 48.4 Å². The summed E-state index contributed by atoms with van der Waals surface area (Å²) >= 11 is 0. The van der Waals surface area contributed by atoms with E-state index in [1.807, 2.05) is 16.7 Å². The van der Waals surface area contributed by atoms with Gasteiger partial charge in [0.2, 0.25) is 11.9 Å². The first-order chi connectivity index (χ1) is 22.2. The number of carbonyl (C=O) groups is 2. The van der Waals surface area contributed by atoms with Gasteiger partial charge in [-0.25, -0.2) is 4.98 Å². The number of imidazole rings is 1. The molecule has 270 valence electrons. The average Bonchev–Trinajstić information content (AvgIpc) is 3.76. The molecule has 6 rings (SSSR count). The van der Waals surface area contributed by atoms with Crippen LogP contribution in [-0.2, 0) is 16.1 Å². The highest BCUT2D eigenvalue weighted by atomic mass is 19.0. The summed E-state index contributed by atoms with van der Waals surface area (Å²) in [5.41, 5.74) is 2.28. The van der Waals surface area contributed by atoms with E-state index in [9.17, 15) is 15.0 Å². The number of aromatic nitrogens is 4. The van der Waals surface area contributed by atoms with Crippen molar-refractivity contribution >= 4 is 45.6 Å². The fourth-order valence-electron chi connectivity index (χ4n) is 6.47. The van der Waals surface area contributed by atoms with Crippen molar-refractivity contribution in [3.8, 4) is 0 Å². The Labute approximate surface area is 282 Å². The van der Waals surface area contributed by atoms with Gasteiger partial charge in [-0.3, -0.25) is 28.6 Å². The highest BCUT2D eigenvalue weighted by Gasteiger charge is 2.43. The smallest absolute Gasteiger partial charge is 0.300 e. The largest absolute Gasteiger partial charge is 0.481 e. The molecule has 1 aliphatic heterocycles. The quantitative estimate of drug-likeness (QED) is 0.143. The summed E-state index contributed by atoms with van der Waals surface area (Å²) in [5.74, 6) is 0.0810. The summed E-state index contributed by atoms with van der Waals surface area (Å²) in [6.07, 6.45) is 2.45. The van der Waals surface area contributed by atoms with Gasteiger partial charge in [-0.15, -0.1) is 0 Å². The van der Waals surface area contributed by atoms with Crippen molar-refractivity contribution < 1.29 is 39.0 Å². The number of fused-ring (bicyclic) bond motifs is 2. The van der Waals surface area contributed by atoms with E-state index in [-0.39, 0.29) is 20.0 Å². The molecule has 2 aromatic carbocycles. The number of amides is 1. The van der Waals surface area contributed by atoms with Crippen LogP contribution in [-0.4, -0.2) is 95.5 Å². The third-order valence-corrected chi connectivity index (χ3v) is 8.83. The number of aliphatic carboxylic acids is 1. The standard InChI is InChI=1S/C31H40N8O3.C2H4O2.3FH/c1-3-25(40)35-23-15-24(28(42)27(23)41)39-18-34-26-29(32-16-20-11-7-10-19-9-5-6-13-22(19)20)36-31(37-30(26)39)33-17-21-12-8-14-38(21)4-2;1-2(3)4;;;/h5-7,9-11,13,18,21,23-24,27-28,41-42H,3-4,8,12,14-17H2,1-2H3,(H,35,40)(H2,32,33,36,37);1H3,(H,3,4);3*1H/t21-,23+,24-,27-,28+;;;;/m1..../s1. The van der Waals surface area contributed by atoms with E-state index in [1.165, 1.54) is 17.2 Å². The predicted molar refractivity (Wildman–Crippen MR) is 184 cm³/mol. The molecule has 49 heavy (non-hydrogen) atoms. The molecule has 6 N–H and O–H groups in total. The third-order valence-electron chi connectivity index (χ3n) is 8.83. The number of carboxylic acids is 1. The molecule has 13 nitrogen and oxygen atoms in total. The van der Waals surface area contributed by atoms with Gasteiger partial charge in [0.25, 0.3) is 5.97 Å². The molecule has 1 saturated carbocycles. The number of aliphatic hydroxyl groups is 2. The van der Waals surface area contributed by atoms with Crippen LogP contribution in [0.25, 0.3) is 21.9 Å². The fraction of sp³-hybridized carbons (Fsp3) is 0.485. The first-order valence-corrected chi connectivity index (χ1v) is 16.0. The Morgan fingerprint density at radius 1 is 0.980 bits per heavy atom. The molecule has 2 aromatic heterocycles. The molecule has 0 bridgehead atoms. The maximum atomic E-state index is 12.0. The molecule has 4 aromatic rings. The van der Waals surface area contributed by atoms with Crippen LogP contribution in [0.4, 0.5) is 25.9 Å². The van der Waals surface area contributed by atoms with Crippen LogP contribution in [0.3, 0.4) is 0 Å². The zero-order valence-corrected chi connectivity index (χ0v) is 27.8. The number of nitrogens with one attached hydrogen (secondary N) is 3. The zero-order valence-electron chi connectivity index (χ0n) is 27.8. The molecular weight excluding hydrogens is 645 g/mol. The fourth-order valence-corrected chi connectivity index (χ4v) is 6.47. The average molecular weight is 693 g/mol. The second-order valence-electron chi connectivity index (χ2n) is 11.8. The molecule has 3 heterocycles. The number of nitrogens with zero attached hydrogens (tertiary/aromatic N) is 5. The third kappa shape index (κ3) is 9.33. The van der Waals surface area contributed by atoms with E-state index < -0.39 is 30.3 Å². The lowest BCUT2D eigenvalue weighted by Gasteiger charge is -2.23. The highest BCUT2D eigenvalue weighted by molar-refractivity contribution is 5.87. The number of benzene rings is 2. The van der Waals surface area contributed by atoms with Crippen molar-refractivity contribution in [2.45, 2.75) is 83.3 Å². The molecule has 1 saturated heterocycles. The van der Waals surface area contributed by atoms with Gasteiger partial charge >= 0.3 is 0 Å². The number of anilines is 2. The summed E-state index contributed by atoms with van der Waals surface area (Å²) in [4.78, 5) is 37.9. The van der Waals surface area contributed by atoms with Crippen LogP contribution in [0, 0.1) is 0 Å². The van der Waals surface area contributed by atoms with Gasteiger partial charge in [0, 0.05) is 32.5 Å². The van der Waals surface area contributed by atoms with Gasteiger partial charge in [-0.05, 0) is 48.7 Å². The molecular formula is C33H47F3N8O5. The highest BCUT2D eigenvalue weighted by Crippen LogP contribution is 2.35. The maximum Gasteiger partial charge on any atom is 0.300 e. The summed E-state index contributed by atoms with van der Waals surface area (Å²) in [6.45, 7) is 8.41. The Morgan fingerprint density at radius 3 is 2.41 bits per heavy atom. The Bertz CT molecular complexity index is 1670. The van der Waals surface area contributed by atoms with Crippen LogP contribution >= 0.6 is 0 Å². The maximum absolute atomic E-state index is 12.0. The van der Waals surface area contributed by atoms with E-state index in [0.717, 1.165) is 38.5 Å². The van der Waals surface area contributed by atoms with Crippen molar-refractivity contribution in [3.05, 3.63) is 54.4 Å². The number of hydrogen-bond acceptors (Lipinski definition) is 10. The number of carboxylic acid groups (broad SMARTS) is 1. The van der Waals surface area contributed by atoms with Gasteiger partial charge in [-0.2, -0.15) is 9.97 Å². The topological polar surface area (TPSA) is 178 Å². The molecule has 0 radical (unpaired) electrons. The van der Waals surface area contributed by atoms with Gasteiger partial charge in [0.05, 0.1) is 18.4 Å². The lowest BCUT2D eigenvalue weighted by atomic mass is 10.0. The zero-order chi connectivity index (χ0) is 32.8. The Kier molecular flexibility index (Phi) is 15.2. The molecule has 1 amide bonds. The van der Waals surface area contributed by atoms with Crippen LogP contribution in [0.1, 0.15) is 58.1 Å². The van der Waals surface area contributed by atoms with Crippen LogP contribution in [0.2, 0.25) is 0 Å². The predicted octanol–water partition coefficient (Wildman–Crippen LogP) is 3.60. The minimum absolute atomic E-state index is 0. The molecule has 2 aliphatic rings. The normalized spacial score (nSPS) is 21.4. The number of likely N-dealkylation sites (tertiary alicyclic amines) is 1. The number of aliphatic hydroxyl groups excluding tert-OH is 2. The summed E-state index contributed by atoms with van der Waals surface area (Å²) < 4.78 is 1.81. The second-order valence-corrected chi connectivity index (χ2v) is 11.8.